The van der Waals surface area contributed by atoms with Gasteiger partial charge in [-0.1, -0.05) is 67.6 Å². The molecule has 0 aliphatic rings. The molecule has 0 amide bonds. The fraction of sp³-hybridized carbons (Fsp3) is 0.240. The molecular weight excluding hydrogens is 394 g/mol. The van der Waals surface area contributed by atoms with E-state index in [4.69, 9.17) is 9.47 Å². The van der Waals surface area contributed by atoms with Crippen LogP contribution >= 0.6 is 11.8 Å². The van der Waals surface area contributed by atoms with Crippen molar-refractivity contribution in [1.82, 2.24) is 5.32 Å². The third kappa shape index (κ3) is 6.12. The van der Waals surface area contributed by atoms with Crippen LogP contribution in [0.2, 0.25) is 0 Å². The molecule has 1 N–H and O–H groups in total. The van der Waals surface area contributed by atoms with Crippen molar-refractivity contribution in [3.8, 4) is 5.75 Å². The zero-order chi connectivity index (χ0) is 21.2. The number of carbonyl (C=O) groups excluding carboxylic acids is 1. The monoisotopic (exact) mass is 421 g/mol. The van der Waals surface area contributed by atoms with E-state index < -0.39 is 6.23 Å². The minimum atomic E-state index is -0.477. The average Bonchev–Trinajstić information content (AvgIpc) is 2.80. The molecule has 0 aromatic heterocycles. The van der Waals surface area contributed by atoms with Gasteiger partial charge in [0.25, 0.3) is 0 Å². The SMILES string of the molecule is CCNC(CC(Oc1ccccc1SC)c1ccccc1)OC(=O)c1ccccc1. The summed E-state index contributed by atoms with van der Waals surface area (Å²) in [6, 6.07) is 27.1. The van der Waals surface area contributed by atoms with Crippen LogP contribution in [0.15, 0.2) is 89.8 Å². The van der Waals surface area contributed by atoms with E-state index in [9.17, 15) is 4.79 Å². The van der Waals surface area contributed by atoms with Crippen molar-refractivity contribution in [2.75, 3.05) is 12.8 Å². The molecule has 3 aromatic rings. The van der Waals surface area contributed by atoms with Crippen LogP contribution in [-0.4, -0.2) is 25.0 Å². The standard InChI is InChI=1S/C25H27NO3S/c1-3-26-24(29-25(27)20-14-8-5-9-15-20)18-22(19-12-6-4-7-13-19)28-21-16-10-11-17-23(21)30-2/h4-17,22,24,26H,3,18H2,1-2H3. The number of esters is 1. The van der Waals surface area contributed by atoms with Crippen LogP contribution in [0.3, 0.4) is 0 Å². The summed E-state index contributed by atoms with van der Waals surface area (Å²) in [7, 11) is 0. The zero-order valence-electron chi connectivity index (χ0n) is 17.3. The maximum atomic E-state index is 12.6. The molecule has 5 heteroatoms. The minimum Gasteiger partial charge on any atom is -0.484 e. The smallest absolute Gasteiger partial charge is 0.339 e. The van der Waals surface area contributed by atoms with Gasteiger partial charge in [-0.05, 0) is 42.6 Å². The number of nitrogens with one attached hydrogen (secondary N) is 1. The van der Waals surface area contributed by atoms with Crippen molar-refractivity contribution >= 4 is 17.7 Å². The van der Waals surface area contributed by atoms with E-state index in [1.54, 1.807) is 23.9 Å². The summed E-state index contributed by atoms with van der Waals surface area (Å²) in [5, 5.41) is 3.27. The van der Waals surface area contributed by atoms with Gasteiger partial charge in [0.05, 0.1) is 5.56 Å². The number of thioether (sulfide) groups is 1. The lowest BCUT2D eigenvalue weighted by Crippen LogP contribution is -2.36. The van der Waals surface area contributed by atoms with Crippen molar-refractivity contribution in [1.29, 1.82) is 0 Å². The predicted octanol–water partition coefficient (Wildman–Crippen LogP) is 5.71. The summed E-state index contributed by atoms with van der Waals surface area (Å²) in [6.07, 6.45) is 1.77. The van der Waals surface area contributed by atoms with Gasteiger partial charge < -0.3 is 9.47 Å². The second-order valence-corrected chi connectivity index (χ2v) is 7.57. The van der Waals surface area contributed by atoms with Crippen LogP contribution in [0.4, 0.5) is 0 Å². The molecular formula is C25H27NO3S. The van der Waals surface area contributed by atoms with E-state index in [2.05, 4.69) is 5.32 Å². The van der Waals surface area contributed by atoms with Crippen LogP contribution in [0, 0.1) is 0 Å². The van der Waals surface area contributed by atoms with E-state index in [0.717, 1.165) is 16.2 Å². The van der Waals surface area contributed by atoms with Gasteiger partial charge in [-0.3, -0.25) is 5.32 Å². The van der Waals surface area contributed by atoms with E-state index in [0.29, 0.717) is 18.5 Å². The van der Waals surface area contributed by atoms with Gasteiger partial charge in [-0.2, -0.15) is 0 Å². The molecule has 0 fully saturated rings. The maximum Gasteiger partial charge on any atom is 0.339 e. The van der Waals surface area contributed by atoms with Crippen molar-refractivity contribution < 1.29 is 14.3 Å². The molecule has 0 aliphatic heterocycles. The Morgan fingerprint density at radius 1 is 0.933 bits per heavy atom. The van der Waals surface area contributed by atoms with Crippen molar-refractivity contribution in [3.05, 3.63) is 96.1 Å². The second-order valence-electron chi connectivity index (χ2n) is 6.72. The Labute approximate surface area is 182 Å². The first-order valence-corrected chi connectivity index (χ1v) is 11.3. The number of benzene rings is 3. The molecule has 30 heavy (non-hydrogen) atoms. The highest BCUT2D eigenvalue weighted by molar-refractivity contribution is 7.98. The van der Waals surface area contributed by atoms with E-state index >= 15 is 0 Å². The summed E-state index contributed by atoms with van der Waals surface area (Å²) in [6.45, 7) is 2.67. The molecule has 0 aliphatic carbocycles. The Morgan fingerprint density at radius 2 is 1.57 bits per heavy atom. The summed E-state index contributed by atoms with van der Waals surface area (Å²) in [4.78, 5) is 13.7. The van der Waals surface area contributed by atoms with Gasteiger partial charge in [-0.25, -0.2) is 4.79 Å². The Morgan fingerprint density at radius 3 is 2.23 bits per heavy atom. The van der Waals surface area contributed by atoms with Crippen LogP contribution < -0.4 is 10.1 Å². The quantitative estimate of drug-likeness (QED) is 0.258. The van der Waals surface area contributed by atoms with Gasteiger partial charge in [0, 0.05) is 11.3 Å². The van der Waals surface area contributed by atoms with E-state index in [1.165, 1.54) is 0 Å². The molecule has 0 saturated carbocycles. The molecule has 3 rings (SSSR count). The number of ether oxygens (including phenoxy) is 2. The maximum absolute atomic E-state index is 12.6. The summed E-state index contributed by atoms with van der Waals surface area (Å²) < 4.78 is 12.2. The Bertz CT molecular complexity index is 918. The largest absolute Gasteiger partial charge is 0.484 e. The van der Waals surface area contributed by atoms with Gasteiger partial charge in [0.1, 0.15) is 11.9 Å². The second kappa shape index (κ2) is 11.4. The Balaban J connectivity index is 1.81. The molecule has 0 spiro atoms. The lowest BCUT2D eigenvalue weighted by atomic mass is 10.1. The first-order valence-electron chi connectivity index (χ1n) is 10.0. The predicted molar refractivity (Wildman–Crippen MR) is 122 cm³/mol. The normalized spacial score (nSPS) is 12.7. The molecule has 0 radical (unpaired) electrons. The Kier molecular flexibility index (Phi) is 8.36. The number of hydrogen-bond acceptors (Lipinski definition) is 5. The van der Waals surface area contributed by atoms with Crippen molar-refractivity contribution in [3.63, 3.8) is 0 Å². The fourth-order valence-corrected chi connectivity index (χ4v) is 3.69. The molecule has 156 valence electrons. The lowest BCUT2D eigenvalue weighted by Gasteiger charge is -2.26. The molecule has 2 atom stereocenters. The molecule has 3 aromatic carbocycles. The minimum absolute atomic E-state index is 0.271. The Hall–Kier alpha value is -2.76. The third-order valence-corrected chi connectivity index (χ3v) is 5.41. The van der Waals surface area contributed by atoms with E-state index in [1.807, 2.05) is 86.0 Å². The summed E-state index contributed by atoms with van der Waals surface area (Å²) >= 11 is 1.64. The zero-order valence-corrected chi connectivity index (χ0v) is 18.1. The average molecular weight is 422 g/mol. The van der Waals surface area contributed by atoms with Crippen LogP contribution in [0.1, 0.15) is 35.4 Å². The van der Waals surface area contributed by atoms with Gasteiger partial charge in [-0.15, -0.1) is 11.8 Å². The first kappa shape index (κ1) is 21.9. The number of hydrogen-bond donors (Lipinski definition) is 1. The summed E-state index contributed by atoms with van der Waals surface area (Å²) in [5.41, 5.74) is 1.57. The molecule has 4 nitrogen and oxygen atoms in total. The fourth-order valence-electron chi connectivity index (χ4n) is 3.16. The van der Waals surface area contributed by atoms with Gasteiger partial charge in [0.2, 0.25) is 0 Å². The van der Waals surface area contributed by atoms with E-state index in [-0.39, 0.29) is 12.1 Å². The van der Waals surface area contributed by atoms with Crippen LogP contribution in [0.25, 0.3) is 0 Å². The highest BCUT2D eigenvalue weighted by atomic mass is 32.2. The first-order chi connectivity index (χ1) is 14.7. The highest BCUT2D eigenvalue weighted by Gasteiger charge is 2.23. The molecule has 0 bridgehead atoms. The van der Waals surface area contributed by atoms with Crippen molar-refractivity contribution in [2.24, 2.45) is 0 Å². The molecule has 0 saturated heterocycles. The third-order valence-electron chi connectivity index (χ3n) is 4.63. The van der Waals surface area contributed by atoms with Gasteiger partial charge in [0.15, 0.2) is 6.23 Å². The van der Waals surface area contributed by atoms with Crippen LogP contribution in [-0.2, 0) is 4.74 Å². The molecule has 2 unspecified atom stereocenters. The van der Waals surface area contributed by atoms with Crippen molar-refractivity contribution in [2.45, 2.75) is 30.6 Å². The van der Waals surface area contributed by atoms with Gasteiger partial charge >= 0.3 is 5.97 Å². The number of para-hydroxylation sites is 1. The van der Waals surface area contributed by atoms with Crippen LogP contribution in [0.5, 0.6) is 5.75 Å². The lowest BCUT2D eigenvalue weighted by molar-refractivity contribution is 0.00698. The summed E-state index contributed by atoms with van der Waals surface area (Å²) in [5.74, 6) is 0.473. The molecule has 0 heterocycles. The number of carbonyl (C=O) groups is 1. The highest BCUT2D eigenvalue weighted by Crippen LogP contribution is 2.33. The number of rotatable bonds is 10. The topological polar surface area (TPSA) is 47.6 Å².